The lowest BCUT2D eigenvalue weighted by Gasteiger charge is -2.41. The van der Waals surface area contributed by atoms with Crippen LogP contribution in [0.4, 0.5) is 0 Å². The molecule has 2 rings (SSSR count). The molecule has 0 aromatic heterocycles. The monoisotopic (exact) mass is 267 g/mol. The molecule has 0 radical (unpaired) electrons. The molecule has 0 spiro atoms. The number of amides is 1. The number of carbonyl (C=O) groups excluding carboxylic acids is 1. The van der Waals surface area contributed by atoms with Gasteiger partial charge in [0.25, 0.3) is 5.91 Å². The van der Waals surface area contributed by atoms with Gasteiger partial charge in [0.1, 0.15) is 6.10 Å². The molecule has 0 N–H and O–H groups in total. The molecule has 1 fully saturated rings. The topological polar surface area (TPSA) is 29.5 Å². The van der Waals surface area contributed by atoms with Crippen LogP contribution in [0.25, 0.3) is 0 Å². The van der Waals surface area contributed by atoms with Crippen LogP contribution in [0, 0.1) is 0 Å². The smallest absolute Gasteiger partial charge is 0.251 e. The van der Waals surface area contributed by atoms with Crippen LogP contribution >= 0.6 is 11.6 Å². The molecule has 1 unspecified atom stereocenters. The summed E-state index contributed by atoms with van der Waals surface area (Å²) in [6, 6.07) is 7.85. The van der Waals surface area contributed by atoms with Gasteiger partial charge in [-0.15, -0.1) is 0 Å². The molecule has 1 amide bonds. The molecule has 18 heavy (non-hydrogen) atoms. The summed E-state index contributed by atoms with van der Waals surface area (Å²) < 4.78 is 5.17. The average Bonchev–Trinajstić information content (AvgIpc) is 2.31. The Bertz CT molecular complexity index is 408. The minimum absolute atomic E-state index is 0.102. The standard InChI is InChI=1S/C14H18ClNO2/c1-3-13(18-2)14(17)16-8-11(9-16)10-4-6-12(15)7-5-10/h4-7,11,13H,3,8-9H2,1-2H3. The molecule has 1 aliphatic heterocycles. The number of nitrogens with zero attached hydrogens (tertiary/aromatic N) is 1. The number of benzene rings is 1. The highest BCUT2D eigenvalue weighted by molar-refractivity contribution is 6.30. The van der Waals surface area contributed by atoms with Crippen molar-refractivity contribution in [2.75, 3.05) is 20.2 Å². The third-order valence-electron chi connectivity index (χ3n) is 3.47. The van der Waals surface area contributed by atoms with E-state index < -0.39 is 0 Å². The molecule has 98 valence electrons. The van der Waals surface area contributed by atoms with E-state index in [9.17, 15) is 4.79 Å². The highest BCUT2D eigenvalue weighted by Gasteiger charge is 2.34. The van der Waals surface area contributed by atoms with Gasteiger partial charge in [-0.3, -0.25) is 4.79 Å². The summed E-state index contributed by atoms with van der Waals surface area (Å²) in [5.74, 6) is 0.533. The van der Waals surface area contributed by atoms with Gasteiger partial charge in [-0.1, -0.05) is 30.7 Å². The number of halogens is 1. The van der Waals surface area contributed by atoms with E-state index in [2.05, 4.69) is 0 Å². The van der Waals surface area contributed by atoms with E-state index in [1.54, 1.807) is 7.11 Å². The lowest BCUT2D eigenvalue weighted by molar-refractivity contribution is -0.146. The summed E-state index contributed by atoms with van der Waals surface area (Å²) >= 11 is 5.85. The predicted molar refractivity (Wildman–Crippen MR) is 71.9 cm³/mol. The molecule has 1 heterocycles. The largest absolute Gasteiger partial charge is 0.372 e. The maximum Gasteiger partial charge on any atom is 0.251 e. The first-order valence-corrected chi connectivity index (χ1v) is 6.60. The zero-order valence-electron chi connectivity index (χ0n) is 10.7. The van der Waals surface area contributed by atoms with Crippen molar-refractivity contribution in [1.29, 1.82) is 0 Å². The minimum Gasteiger partial charge on any atom is -0.372 e. The van der Waals surface area contributed by atoms with Gasteiger partial charge < -0.3 is 9.64 Å². The quantitative estimate of drug-likeness (QED) is 0.839. The summed E-state index contributed by atoms with van der Waals surface area (Å²) in [6.07, 6.45) is 0.424. The molecule has 0 aliphatic carbocycles. The highest BCUT2D eigenvalue weighted by atomic mass is 35.5. The highest BCUT2D eigenvalue weighted by Crippen LogP contribution is 2.28. The van der Waals surface area contributed by atoms with Gasteiger partial charge in [0.15, 0.2) is 0 Å². The fraction of sp³-hybridized carbons (Fsp3) is 0.500. The Kier molecular flexibility index (Phi) is 4.25. The molecule has 1 atom stereocenters. The van der Waals surface area contributed by atoms with Gasteiger partial charge in [0.2, 0.25) is 0 Å². The van der Waals surface area contributed by atoms with Crippen LogP contribution in [-0.2, 0) is 9.53 Å². The molecular weight excluding hydrogens is 250 g/mol. The van der Waals surface area contributed by atoms with E-state index >= 15 is 0 Å². The third-order valence-corrected chi connectivity index (χ3v) is 3.72. The first-order valence-electron chi connectivity index (χ1n) is 6.22. The number of ether oxygens (including phenoxy) is 1. The number of rotatable bonds is 4. The van der Waals surface area contributed by atoms with Crippen molar-refractivity contribution in [3.63, 3.8) is 0 Å². The van der Waals surface area contributed by atoms with Crippen LogP contribution < -0.4 is 0 Å². The molecule has 1 aromatic rings. The Labute approximate surface area is 113 Å². The van der Waals surface area contributed by atoms with Gasteiger partial charge in [-0.2, -0.15) is 0 Å². The fourth-order valence-electron chi connectivity index (χ4n) is 2.25. The maximum atomic E-state index is 12.0. The number of likely N-dealkylation sites (tertiary alicyclic amines) is 1. The van der Waals surface area contributed by atoms with Gasteiger partial charge >= 0.3 is 0 Å². The molecule has 4 heteroatoms. The molecule has 1 aliphatic rings. The third kappa shape index (κ3) is 2.68. The maximum absolute atomic E-state index is 12.0. The van der Waals surface area contributed by atoms with E-state index in [1.807, 2.05) is 36.1 Å². The van der Waals surface area contributed by atoms with E-state index in [1.165, 1.54) is 5.56 Å². The predicted octanol–water partition coefficient (Wildman–Crippen LogP) is 2.69. The second-order valence-electron chi connectivity index (χ2n) is 4.62. The summed E-state index contributed by atoms with van der Waals surface area (Å²) in [5, 5.41) is 0.747. The van der Waals surface area contributed by atoms with E-state index in [0.29, 0.717) is 5.92 Å². The molecule has 0 bridgehead atoms. The summed E-state index contributed by atoms with van der Waals surface area (Å²) in [6.45, 7) is 3.52. The van der Waals surface area contributed by atoms with Gasteiger partial charge in [0.05, 0.1) is 0 Å². The van der Waals surface area contributed by atoms with Gasteiger partial charge in [-0.05, 0) is 24.1 Å². The second-order valence-corrected chi connectivity index (χ2v) is 5.06. The first kappa shape index (κ1) is 13.4. The van der Waals surface area contributed by atoms with Crippen molar-refractivity contribution in [1.82, 2.24) is 4.90 Å². The molecular formula is C14H18ClNO2. The lowest BCUT2D eigenvalue weighted by Crippen LogP contribution is -2.52. The van der Waals surface area contributed by atoms with Crippen LogP contribution in [0.5, 0.6) is 0 Å². The lowest BCUT2D eigenvalue weighted by atomic mass is 9.91. The van der Waals surface area contributed by atoms with E-state index in [4.69, 9.17) is 16.3 Å². The van der Waals surface area contributed by atoms with Crippen LogP contribution in [0.3, 0.4) is 0 Å². The Morgan fingerprint density at radius 1 is 1.44 bits per heavy atom. The van der Waals surface area contributed by atoms with Crippen molar-refractivity contribution in [2.24, 2.45) is 0 Å². The Morgan fingerprint density at radius 3 is 2.56 bits per heavy atom. The molecule has 1 aromatic carbocycles. The zero-order chi connectivity index (χ0) is 13.1. The van der Waals surface area contributed by atoms with Crippen molar-refractivity contribution < 1.29 is 9.53 Å². The Morgan fingerprint density at radius 2 is 2.06 bits per heavy atom. The zero-order valence-corrected chi connectivity index (χ0v) is 11.5. The van der Waals surface area contributed by atoms with E-state index in [0.717, 1.165) is 24.5 Å². The van der Waals surface area contributed by atoms with Crippen molar-refractivity contribution in [2.45, 2.75) is 25.4 Å². The van der Waals surface area contributed by atoms with Gasteiger partial charge in [0, 0.05) is 31.1 Å². The van der Waals surface area contributed by atoms with Crippen LogP contribution in [0.1, 0.15) is 24.8 Å². The van der Waals surface area contributed by atoms with Crippen LogP contribution in [0.15, 0.2) is 24.3 Å². The van der Waals surface area contributed by atoms with Gasteiger partial charge in [-0.25, -0.2) is 0 Å². The Balaban J connectivity index is 1.90. The van der Waals surface area contributed by atoms with Crippen molar-refractivity contribution in [3.05, 3.63) is 34.9 Å². The molecule has 1 saturated heterocycles. The van der Waals surface area contributed by atoms with Crippen LogP contribution in [0.2, 0.25) is 5.02 Å². The second kappa shape index (κ2) is 5.72. The SMILES string of the molecule is CCC(OC)C(=O)N1CC(c2ccc(Cl)cc2)C1. The number of hydrogen-bond donors (Lipinski definition) is 0. The summed E-state index contributed by atoms with van der Waals surface area (Å²) in [4.78, 5) is 13.9. The number of hydrogen-bond acceptors (Lipinski definition) is 2. The summed E-state index contributed by atoms with van der Waals surface area (Å²) in [7, 11) is 1.59. The van der Waals surface area contributed by atoms with E-state index in [-0.39, 0.29) is 12.0 Å². The average molecular weight is 268 g/mol. The molecule has 0 saturated carbocycles. The number of methoxy groups -OCH3 is 1. The summed E-state index contributed by atoms with van der Waals surface area (Å²) in [5.41, 5.74) is 1.24. The van der Waals surface area contributed by atoms with Crippen LogP contribution in [-0.4, -0.2) is 37.1 Å². The fourth-order valence-corrected chi connectivity index (χ4v) is 2.38. The molecule has 3 nitrogen and oxygen atoms in total. The Hall–Kier alpha value is -1.06. The minimum atomic E-state index is -0.295. The van der Waals surface area contributed by atoms with Crippen molar-refractivity contribution in [3.8, 4) is 0 Å². The first-order chi connectivity index (χ1) is 8.65. The number of carbonyl (C=O) groups is 1. The van der Waals surface area contributed by atoms with Crippen molar-refractivity contribution >= 4 is 17.5 Å². The normalized spacial score (nSPS) is 17.4.